The van der Waals surface area contributed by atoms with Gasteiger partial charge in [0.05, 0.1) is 18.8 Å². The molecule has 2 aromatic heterocycles. The van der Waals surface area contributed by atoms with E-state index in [4.69, 9.17) is 9.26 Å². The van der Waals surface area contributed by atoms with Gasteiger partial charge >= 0.3 is 0 Å². The molecule has 7 heteroatoms. The SMILES string of the molecule is Cc1noc(CN2CCC(COc3ccc(C(C)(C)C)nn3)CC2)n1. The minimum atomic E-state index is 0.00919. The third kappa shape index (κ3) is 4.98. The second-order valence-electron chi connectivity index (χ2n) is 7.77. The summed E-state index contributed by atoms with van der Waals surface area (Å²) in [5, 5.41) is 12.3. The van der Waals surface area contributed by atoms with Crippen molar-refractivity contribution in [3.63, 3.8) is 0 Å². The molecule has 0 aromatic carbocycles. The predicted octanol–water partition coefficient (Wildman–Crippen LogP) is 2.76. The molecule has 0 aliphatic carbocycles. The summed E-state index contributed by atoms with van der Waals surface area (Å²) in [7, 11) is 0. The summed E-state index contributed by atoms with van der Waals surface area (Å²) in [6, 6.07) is 3.91. The third-order valence-electron chi connectivity index (χ3n) is 4.51. The minimum Gasteiger partial charge on any atom is -0.476 e. The highest BCUT2D eigenvalue weighted by molar-refractivity contribution is 5.16. The molecule has 0 saturated carbocycles. The quantitative estimate of drug-likeness (QED) is 0.824. The molecule has 7 nitrogen and oxygen atoms in total. The van der Waals surface area contributed by atoms with Crippen molar-refractivity contribution < 1.29 is 9.26 Å². The molecule has 1 saturated heterocycles. The smallest absolute Gasteiger partial charge is 0.240 e. The van der Waals surface area contributed by atoms with Crippen molar-refractivity contribution in [2.75, 3.05) is 19.7 Å². The number of rotatable bonds is 5. The van der Waals surface area contributed by atoms with Crippen molar-refractivity contribution in [3.8, 4) is 5.88 Å². The Labute approximate surface area is 148 Å². The Bertz CT molecular complexity index is 670. The molecule has 3 rings (SSSR count). The van der Waals surface area contributed by atoms with E-state index in [2.05, 4.69) is 46.0 Å². The molecule has 0 unspecified atom stereocenters. The van der Waals surface area contributed by atoms with Gasteiger partial charge in [0.2, 0.25) is 11.8 Å². The van der Waals surface area contributed by atoms with Gasteiger partial charge in [-0.2, -0.15) is 10.1 Å². The molecule has 0 radical (unpaired) electrons. The van der Waals surface area contributed by atoms with E-state index in [1.165, 1.54) is 0 Å². The Kier molecular flexibility index (Phi) is 5.32. The molecule has 0 N–H and O–H groups in total. The number of likely N-dealkylation sites (tertiary alicyclic amines) is 1. The highest BCUT2D eigenvalue weighted by atomic mass is 16.5. The Morgan fingerprint density at radius 2 is 1.96 bits per heavy atom. The number of piperidine rings is 1. The molecule has 25 heavy (non-hydrogen) atoms. The van der Waals surface area contributed by atoms with E-state index in [0.29, 0.717) is 30.1 Å². The van der Waals surface area contributed by atoms with Crippen LogP contribution in [-0.4, -0.2) is 44.9 Å². The van der Waals surface area contributed by atoms with E-state index in [1.807, 2.05) is 19.1 Å². The van der Waals surface area contributed by atoms with E-state index < -0.39 is 0 Å². The van der Waals surface area contributed by atoms with Crippen LogP contribution in [0.25, 0.3) is 0 Å². The Morgan fingerprint density at radius 1 is 1.20 bits per heavy atom. The van der Waals surface area contributed by atoms with Gasteiger partial charge in [0.15, 0.2) is 5.82 Å². The molecule has 0 spiro atoms. The van der Waals surface area contributed by atoms with Crippen LogP contribution in [0, 0.1) is 12.8 Å². The molecule has 2 aromatic rings. The summed E-state index contributed by atoms with van der Waals surface area (Å²) < 4.78 is 11.0. The molecule has 1 aliphatic heterocycles. The van der Waals surface area contributed by atoms with E-state index in [9.17, 15) is 0 Å². The first-order valence-corrected chi connectivity index (χ1v) is 8.89. The maximum Gasteiger partial charge on any atom is 0.240 e. The number of aryl methyl sites for hydroxylation is 1. The number of ether oxygens (including phenoxy) is 1. The predicted molar refractivity (Wildman–Crippen MR) is 93.3 cm³/mol. The van der Waals surface area contributed by atoms with E-state index >= 15 is 0 Å². The van der Waals surface area contributed by atoms with Crippen molar-refractivity contribution in [1.82, 2.24) is 25.2 Å². The van der Waals surface area contributed by atoms with Crippen LogP contribution < -0.4 is 4.74 Å². The maximum atomic E-state index is 5.84. The average molecular weight is 345 g/mol. The summed E-state index contributed by atoms with van der Waals surface area (Å²) in [6.07, 6.45) is 2.20. The first-order chi connectivity index (χ1) is 11.9. The fourth-order valence-electron chi connectivity index (χ4n) is 2.91. The van der Waals surface area contributed by atoms with Crippen molar-refractivity contribution in [2.45, 2.75) is 52.5 Å². The van der Waals surface area contributed by atoms with E-state index in [1.54, 1.807) is 0 Å². The van der Waals surface area contributed by atoms with Crippen LogP contribution in [0.2, 0.25) is 0 Å². The zero-order valence-electron chi connectivity index (χ0n) is 15.5. The van der Waals surface area contributed by atoms with Crippen LogP contribution in [0.15, 0.2) is 16.7 Å². The summed E-state index contributed by atoms with van der Waals surface area (Å²) >= 11 is 0. The topological polar surface area (TPSA) is 77.2 Å². The fraction of sp³-hybridized carbons (Fsp3) is 0.667. The molecule has 1 aliphatic rings. The highest BCUT2D eigenvalue weighted by Crippen LogP contribution is 2.22. The van der Waals surface area contributed by atoms with Crippen molar-refractivity contribution in [1.29, 1.82) is 0 Å². The van der Waals surface area contributed by atoms with Crippen LogP contribution in [-0.2, 0) is 12.0 Å². The molecular weight excluding hydrogens is 318 g/mol. The minimum absolute atomic E-state index is 0.00919. The lowest BCUT2D eigenvalue weighted by Gasteiger charge is -2.30. The molecular formula is C18H27N5O2. The van der Waals surface area contributed by atoms with E-state index in [-0.39, 0.29) is 5.41 Å². The second kappa shape index (κ2) is 7.47. The van der Waals surface area contributed by atoms with E-state index in [0.717, 1.165) is 38.2 Å². The lowest BCUT2D eigenvalue weighted by molar-refractivity contribution is 0.124. The summed E-state index contributed by atoms with van der Waals surface area (Å²) in [4.78, 5) is 6.61. The van der Waals surface area contributed by atoms with Crippen LogP contribution in [0.4, 0.5) is 0 Å². The second-order valence-corrected chi connectivity index (χ2v) is 7.77. The van der Waals surface area contributed by atoms with Crippen molar-refractivity contribution >= 4 is 0 Å². The standard InChI is InChI=1S/C18H27N5O2/c1-13-19-17(25-22-13)11-23-9-7-14(8-10-23)12-24-16-6-5-15(20-21-16)18(2,3)4/h5-6,14H,7-12H2,1-4H3. The van der Waals surface area contributed by atoms with Crippen LogP contribution in [0.3, 0.4) is 0 Å². The lowest BCUT2D eigenvalue weighted by atomic mass is 9.92. The molecule has 1 fully saturated rings. The zero-order chi connectivity index (χ0) is 17.9. The average Bonchev–Trinajstić information content (AvgIpc) is 2.99. The molecule has 0 amide bonds. The van der Waals surface area contributed by atoms with Gasteiger partial charge in [-0.15, -0.1) is 5.10 Å². The lowest BCUT2D eigenvalue weighted by Crippen LogP contribution is -2.35. The number of aromatic nitrogens is 4. The normalized spacial score (nSPS) is 17.0. The fourth-order valence-corrected chi connectivity index (χ4v) is 2.91. The number of nitrogens with zero attached hydrogens (tertiary/aromatic N) is 5. The van der Waals surface area contributed by atoms with Gasteiger partial charge in [0.25, 0.3) is 0 Å². The first kappa shape index (κ1) is 17.8. The number of hydrogen-bond donors (Lipinski definition) is 0. The van der Waals surface area contributed by atoms with Gasteiger partial charge in [0, 0.05) is 11.5 Å². The Balaban J connectivity index is 1.42. The van der Waals surface area contributed by atoms with Crippen LogP contribution in [0.1, 0.15) is 51.0 Å². The van der Waals surface area contributed by atoms with Gasteiger partial charge in [-0.25, -0.2) is 0 Å². The Morgan fingerprint density at radius 3 is 2.52 bits per heavy atom. The molecule has 0 atom stereocenters. The van der Waals surface area contributed by atoms with Gasteiger partial charge in [-0.05, 0) is 44.8 Å². The van der Waals surface area contributed by atoms with Gasteiger partial charge in [-0.3, -0.25) is 4.90 Å². The van der Waals surface area contributed by atoms with Crippen molar-refractivity contribution in [2.24, 2.45) is 5.92 Å². The molecule has 136 valence electrons. The highest BCUT2D eigenvalue weighted by Gasteiger charge is 2.22. The summed E-state index contributed by atoms with van der Waals surface area (Å²) in [6.45, 7) is 11.7. The maximum absolute atomic E-state index is 5.84. The van der Waals surface area contributed by atoms with Gasteiger partial charge in [0.1, 0.15) is 0 Å². The van der Waals surface area contributed by atoms with Gasteiger partial charge < -0.3 is 9.26 Å². The zero-order valence-corrected chi connectivity index (χ0v) is 15.5. The first-order valence-electron chi connectivity index (χ1n) is 8.89. The van der Waals surface area contributed by atoms with Crippen LogP contribution >= 0.6 is 0 Å². The third-order valence-corrected chi connectivity index (χ3v) is 4.51. The Hall–Kier alpha value is -2.02. The molecule has 0 bridgehead atoms. The monoisotopic (exact) mass is 345 g/mol. The molecule has 3 heterocycles. The summed E-state index contributed by atoms with van der Waals surface area (Å²) in [5.41, 5.74) is 0.986. The van der Waals surface area contributed by atoms with Crippen LogP contribution in [0.5, 0.6) is 5.88 Å². The summed E-state index contributed by atoms with van der Waals surface area (Å²) in [5.74, 6) is 2.54. The van der Waals surface area contributed by atoms with Gasteiger partial charge in [-0.1, -0.05) is 25.9 Å². The van der Waals surface area contributed by atoms with Crippen molar-refractivity contribution in [3.05, 3.63) is 29.5 Å². The number of hydrogen-bond acceptors (Lipinski definition) is 7. The largest absolute Gasteiger partial charge is 0.476 e.